The minimum atomic E-state index is -0.426. The summed E-state index contributed by atoms with van der Waals surface area (Å²) in [5.41, 5.74) is -0.411. The van der Waals surface area contributed by atoms with Gasteiger partial charge in [0.2, 0.25) is 0 Å². The van der Waals surface area contributed by atoms with Gasteiger partial charge in [0, 0.05) is 6.92 Å². The Kier molecular flexibility index (Phi) is 7.85. The molecule has 80 valence electrons. The monoisotopic (exact) mass is 191 g/mol. The lowest BCUT2D eigenvalue weighted by molar-refractivity contribution is -0.318. The van der Waals surface area contributed by atoms with E-state index in [0.717, 1.165) is 0 Å². The van der Waals surface area contributed by atoms with Gasteiger partial charge in [0.25, 0.3) is 0 Å². The van der Waals surface area contributed by atoms with Gasteiger partial charge in [0.1, 0.15) is 5.60 Å². The van der Waals surface area contributed by atoms with Crippen LogP contribution in [0.5, 0.6) is 0 Å². The van der Waals surface area contributed by atoms with E-state index in [2.05, 4.69) is 9.78 Å². The Morgan fingerprint density at radius 2 is 1.46 bits per heavy atom. The molecule has 0 rings (SSSR count). The topological polar surface area (TPSA) is 38.8 Å². The lowest BCUT2D eigenvalue weighted by Crippen LogP contribution is -2.20. The molecule has 4 nitrogen and oxygen atoms in total. The molecule has 0 radical (unpaired) electrons. The van der Waals surface area contributed by atoms with Crippen LogP contribution in [0.2, 0.25) is 0 Å². The van der Waals surface area contributed by atoms with Crippen molar-refractivity contribution in [3.8, 4) is 0 Å². The average molecular weight is 191 g/mol. The Morgan fingerprint density at radius 1 is 1.15 bits per heavy atom. The molecule has 0 fully saturated rings. The molecule has 4 heteroatoms. The van der Waals surface area contributed by atoms with Crippen molar-refractivity contribution in [2.24, 2.45) is 0 Å². The van der Waals surface area contributed by atoms with Crippen molar-refractivity contribution in [1.29, 1.82) is 0 Å². The second kappa shape index (κ2) is 6.86. The van der Waals surface area contributed by atoms with Crippen LogP contribution in [0.3, 0.4) is 0 Å². The lowest BCUT2D eigenvalue weighted by Gasteiger charge is -2.15. The summed E-state index contributed by atoms with van der Waals surface area (Å²) in [6.45, 7) is 6.70. The molecule has 0 spiro atoms. The van der Waals surface area contributed by atoms with Crippen LogP contribution in [-0.2, 0) is 14.6 Å². The van der Waals surface area contributed by atoms with Gasteiger partial charge in [-0.15, -0.1) is 0 Å². The molecule has 0 aliphatic heterocycles. The number of carbonyl (C=O) groups excluding carboxylic acids is 1. The highest BCUT2D eigenvalue weighted by Crippen LogP contribution is 2.06. The molecule has 0 aliphatic rings. The first kappa shape index (κ1) is 14.9. The van der Waals surface area contributed by atoms with Gasteiger partial charge in [-0.05, 0) is 41.9 Å². The van der Waals surface area contributed by atoms with Gasteiger partial charge in [-0.2, -0.15) is 4.89 Å². The number of carbonyl (C=O) groups is 1. The van der Waals surface area contributed by atoms with E-state index < -0.39 is 11.6 Å². The summed E-state index contributed by atoms with van der Waals surface area (Å²) in [6, 6.07) is 0. The number of hydrogen-bond acceptors (Lipinski definition) is 4. The van der Waals surface area contributed by atoms with Crippen LogP contribution in [0, 0.1) is 0 Å². The molecular weight excluding hydrogens is 170 g/mol. The third kappa shape index (κ3) is 34.6. The maximum Gasteiger partial charge on any atom is 0.339 e. The Hall–Kier alpha value is -0.610. The van der Waals surface area contributed by atoms with Crippen molar-refractivity contribution in [3.05, 3.63) is 0 Å². The van der Waals surface area contributed by atoms with Crippen LogP contribution < -0.4 is 0 Å². The van der Waals surface area contributed by atoms with Gasteiger partial charge >= 0.3 is 5.97 Å². The van der Waals surface area contributed by atoms with Gasteiger partial charge in [0.15, 0.2) is 0 Å². The molecular formula is C9H21NO3. The average Bonchev–Trinajstić information content (AvgIpc) is 1.80. The minimum absolute atomic E-state index is 0.411. The smallest absolute Gasteiger partial charge is 0.312 e. The van der Waals surface area contributed by atoms with Gasteiger partial charge in [0.05, 0.1) is 0 Å². The van der Waals surface area contributed by atoms with Crippen molar-refractivity contribution in [2.75, 3.05) is 21.1 Å². The highest BCUT2D eigenvalue weighted by Gasteiger charge is 2.12. The molecule has 0 saturated carbocycles. The molecule has 0 amide bonds. The first-order valence-electron chi connectivity index (χ1n) is 4.12. The van der Waals surface area contributed by atoms with E-state index in [-0.39, 0.29) is 0 Å². The highest BCUT2D eigenvalue weighted by atomic mass is 17.2. The highest BCUT2D eigenvalue weighted by molar-refractivity contribution is 5.65. The third-order valence-corrected chi connectivity index (χ3v) is 0.409. The molecule has 0 N–H and O–H groups in total. The molecule has 0 heterocycles. The Labute approximate surface area is 80.7 Å². The summed E-state index contributed by atoms with van der Waals surface area (Å²) in [7, 11) is 6.00. The minimum Gasteiger partial charge on any atom is -0.312 e. The summed E-state index contributed by atoms with van der Waals surface area (Å²) in [5.74, 6) is -0.426. The fourth-order valence-corrected chi connectivity index (χ4v) is 0.184. The summed E-state index contributed by atoms with van der Waals surface area (Å²) < 4.78 is 0. The summed E-state index contributed by atoms with van der Waals surface area (Å²) in [5, 5.41) is 0. The van der Waals surface area contributed by atoms with Crippen LogP contribution in [-0.4, -0.2) is 37.6 Å². The van der Waals surface area contributed by atoms with Crippen LogP contribution in [0.25, 0.3) is 0 Å². The first-order valence-corrected chi connectivity index (χ1v) is 4.12. The second-order valence-corrected chi connectivity index (χ2v) is 4.11. The van der Waals surface area contributed by atoms with E-state index in [1.165, 1.54) is 6.92 Å². The van der Waals surface area contributed by atoms with Gasteiger partial charge in [-0.3, -0.25) is 4.89 Å². The SMILES string of the molecule is CC(=O)OOC(C)(C)C.CN(C)C. The van der Waals surface area contributed by atoms with Crippen molar-refractivity contribution in [2.45, 2.75) is 33.3 Å². The first-order chi connectivity index (χ1) is 5.65. The molecule has 0 aromatic rings. The van der Waals surface area contributed by atoms with Gasteiger partial charge in [-0.1, -0.05) is 0 Å². The fourth-order valence-electron chi connectivity index (χ4n) is 0.184. The van der Waals surface area contributed by atoms with Gasteiger partial charge in [-0.25, -0.2) is 4.79 Å². The molecule has 0 aliphatic carbocycles. The van der Waals surface area contributed by atoms with E-state index >= 15 is 0 Å². The standard InChI is InChI=1S/C6H12O3.C3H9N/c1-5(7)8-9-6(2,3)4;1-4(2)3/h1-4H3;1-3H3. The van der Waals surface area contributed by atoms with E-state index in [1.54, 1.807) is 20.8 Å². The van der Waals surface area contributed by atoms with Crippen molar-refractivity contribution in [3.63, 3.8) is 0 Å². The van der Waals surface area contributed by atoms with E-state index in [9.17, 15) is 4.79 Å². The predicted molar refractivity (Wildman–Crippen MR) is 52.2 cm³/mol. The number of rotatable bonds is 1. The van der Waals surface area contributed by atoms with Crippen LogP contribution >= 0.6 is 0 Å². The van der Waals surface area contributed by atoms with E-state index in [4.69, 9.17) is 0 Å². The van der Waals surface area contributed by atoms with Crippen LogP contribution in [0.1, 0.15) is 27.7 Å². The summed E-state index contributed by atoms with van der Waals surface area (Å²) >= 11 is 0. The summed E-state index contributed by atoms with van der Waals surface area (Å²) in [4.78, 5) is 21.1. The Morgan fingerprint density at radius 3 is 1.54 bits per heavy atom. The zero-order chi connectivity index (χ0) is 11.1. The zero-order valence-electron chi connectivity index (χ0n) is 9.67. The normalized spacial score (nSPS) is 10.5. The maximum absolute atomic E-state index is 10.1. The number of nitrogens with zero attached hydrogens (tertiary/aromatic N) is 1. The largest absolute Gasteiger partial charge is 0.339 e. The zero-order valence-corrected chi connectivity index (χ0v) is 9.67. The molecule has 0 bridgehead atoms. The summed E-state index contributed by atoms with van der Waals surface area (Å²) in [6.07, 6.45) is 0. The Bertz CT molecular complexity index is 136. The third-order valence-electron chi connectivity index (χ3n) is 0.409. The Balaban J connectivity index is 0. The molecule has 13 heavy (non-hydrogen) atoms. The van der Waals surface area contributed by atoms with Crippen LogP contribution in [0.15, 0.2) is 0 Å². The molecule has 0 atom stereocenters. The second-order valence-electron chi connectivity index (χ2n) is 4.11. The maximum atomic E-state index is 10.1. The van der Waals surface area contributed by atoms with Gasteiger partial charge < -0.3 is 4.90 Å². The van der Waals surface area contributed by atoms with Crippen molar-refractivity contribution in [1.82, 2.24) is 4.90 Å². The predicted octanol–water partition coefficient (Wildman–Crippen LogP) is 1.46. The molecule has 0 aromatic carbocycles. The van der Waals surface area contributed by atoms with Crippen LogP contribution in [0.4, 0.5) is 0 Å². The lowest BCUT2D eigenvalue weighted by atomic mass is 10.2. The number of hydrogen-bond donors (Lipinski definition) is 0. The van der Waals surface area contributed by atoms with E-state index in [1.807, 2.05) is 26.0 Å². The fraction of sp³-hybridized carbons (Fsp3) is 0.889. The van der Waals surface area contributed by atoms with Crippen molar-refractivity contribution >= 4 is 5.97 Å². The van der Waals surface area contributed by atoms with Crippen molar-refractivity contribution < 1.29 is 14.6 Å². The molecule has 0 aromatic heterocycles. The van der Waals surface area contributed by atoms with E-state index in [0.29, 0.717) is 0 Å². The molecule has 0 unspecified atom stereocenters. The quantitative estimate of drug-likeness (QED) is 0.464. The molecule has 0 saturated heterocycles.